The first-order valence-corrected chi connectivity index (χ1v) is 8.25. The van der Waals surface area contributed by atoms with Gasteiger partial charge in [-0.1, -0.05) is 20.8 Å². The largest absolute Gasteiger partial charge is 0.486 e. The minimum atomic E-state index is 0.368. The Morgan fingerprint density at radius 3 is 2.62 bits per heavy atom. The summed E-state index contributed by atoms with van der Waals surface area (Å²) in [6, 6.07) is 4.86. The Balaban J connectivity index is 1.97. The second-order valence-electron chi connectivity index (χ2n) is 7.07. The van der Waals surface area contributed by atoms with Crippen molar-refractivity contribution in [2.24, 2.45) is 5.41 Å². The molecule has 1 aromatic rings. The molecule has 1 atom stereocenters. The maximum Gasteiger partial charge on any atom is 0.161 e. The third-order valence-electron chi connectivity index (χ3n) is 4.65. The van der Waals surface area contributed by atoms with Crippen LogP contribution in [0.2, 0.25) is 0 Å². The van der Waals surface area contributed by atoms with Crippen molar-refractivity contribution in [1.82, 2.24) is 5.32 Å². The van der Waals surface area contributed by atoms with Gasteiger partial charge in [0.25, 0.3) is 0 Å². The zero-order valence-electron chi connectivity index (χ0n) is 13.5. The fourth-order valence-corrected chi connectivity index (χ4v) is 3.43. The lowest BCUT2D eigenvalue weighted by atomic mass is 9.83. The number of rotatable bonds is 3. The highest BCUT2D eigenvalue weighted by Gasteiger charge is 2.30. The molecule has 0 saturated carbocycles. The van der Waals surface area contributed by atoms with Crippen LogP contribution in [0.1, 0.15) is 57.2 Å². The Hall–Kier alpha value is -1.22. The van der Waals surface area contributed by atoms with Crippen LogP contribution in [0.4, 0.5) is 0 Å². The van der Waals surface area contributed by atoms with Gasteiger partial charge in [-0.3, -0.25) is 0 Å². The van der Waals surface area contributed by atoms with Crippen LogP contribution in [0.25, 0.3) is 0 Å². The van der Waals surface area contributed by atoms with E-state index in [4.69, 9.17) is 9.47 Å². The highest BCUT2D eigenvalue weighted by molar-refractivity contribution is 5.49. The van der Waals surface area contributed by atoms with E-state index < -0.39 is 0 Å². The zero-order chi connectivity index (χ0) is 14.9. The smallest absolute Gasteiger partial charge is 0.161 e. The van der Waals surface area contributed by atoms with Gasteiger partial charge in [0, 0.05) is 6.04 Å². The molecule has 1 N–H and O–H groups in total. The molecule has 0 aromatic heterocycles. The van der Waals surface area contributed by atoms with Gasteiger partial charge in [0.2, 0.25) is 0 Å². The molecule has 0 fully saturated rings. The standard InChI is InChI=1S/C18H27NO2/c1-4-7-19-15-12-18(2,3)6-5-13-10-16-17(11-14(13)15)21-9-8-20-16/h10-11,15,19H,4-9,12H2,1-3H3. The number of benzene rings is 1. The molecule has 1 aromatic carbocycles. The van der Waals surface area contributed by atoms with Gasteiger partial charge < -0.3 is 14.8 Å². The molecule has 2 aliphatic rings. The van der Waals surface area contributed by atoms with Crippen LogP contribution >= 0.6 is 0 Å². The lowest BCUT2D eigenvalue weighted by molar-refractivity contribution is 0.171. The molecule has 0 bridgehead atoms. The molecule has 3 nitrogen and oxygen atoms in total. The summed E-state index contributed by atoms with van der Waals surface area (Å²) in [5.41, 5.74) is 3.21. The lowest BCUT2D eigenvalue weighted by Gasteiger charge is -2.28. The molecule has 0 spiro atoms. The van der Waals surface area contributed by atoms with Crippen LogP contribution in [0.5, 0.6) is 11.5 Å². The average molecular weight is 289 g/mol. The number of fused-ring (bicyclic) bond motifs is 2. The van der Waals surface area contributed by atoms with E-state index in [-0.39, 0.29) is 0 Å². The Morgan fingerprint density at radius 1 is 1.19 bits per heavy atom. The van der Waals surface area contributed by atoms with Gasteiger partial charge in [-0.05, 0) is 60.9 Å². The first-order chi connectivity index (χ1) is 10.1. The van der Waals surface area contributed by atoms with Crippen LogP contribution in [-0.2, 0) is 6.42 Å². The van der Waals surface area contributed by atoms with Crippen molar-refractivity contribution in [1.29, 1.82) is 0 Å². The van der Waals surface area contributed by atoms with Gasteiger partial charge in [0.15, 0.2) is 11.5 Å². The quantitative estimate of drug-likeness (QED) is 0.857. The molecule has 1 unspecified atom stereocenters. The number of nitrogens with one attached hydrogen (secondary N) is 1. The molecule has 1 heterocycles. The molecule has 1 aliphatic carbocycles. The monoisotopic (exact) mass is 289 g/mol. The molecule has 0 radical (unpaired) electrons. The van der Waals surface area contributed by atoms with E-state index in [1.807, 2.05) is 0 Å². The van der Waals surface area contributed by atoms with Gasteiger partial charge in [-0.15, -0.1) is 0 Å². The topological polar surface area (TPSA) is 30.5 Å². The van der Waals surface area contributed by atoms with E-state index >= 15 is 0 Å². The zero-order valence-corrected chi connectivity index (χ0v) is 13.5. The Kier molecular flexibility index (Phi) is 4.12. The number of hydrogen-bond acceptors (Lipinski definition) is 3. The van der Waals surface area contributed by atoms with Gasteiger partial charge in [-0.25, -0.2) is 0 Å². The third-order valence-corrected chi connectivity index (χ3v) is 4.65. The van der Waals surface area contributed by atoms with Crippen molar-refractivity contribution >= 4 is 0 Å². The summed E-state index contributed by atoms with van der Waals surface area (Å²) in [4.78, 5) is 0. The first kappa shape index (κ1) is 14.7. The van der Waals surface area contributed by atoms with E-state index in [9.17, 15) is 0 Å². The molecule has 0 saturated heterocycles. The average Bonchev–Trinajstić information content (AvgIpc) is 2.60. The maximum absolute atomic E-state index is 5.78. The van der Waals surface area contributed by atoms with Crippen LogP contribution in [0.15, 0.2) is 12.1 Å². The number of ether oxygens (including phenoxy) is 2. The molecular weight excluding hydrogens is 262 g/mol. The molecule has 1 aliphatic heterocycles. The lowest BCUT2D eigenvalue weighted by Crippen LogP contribution is -2.26. The normalized spacial score (nSPS) is 23.3. The summed E-state index contributed by atoms with van der Waals surface area (Å²) in [5.74, 6) is 1.84. The van der Waals surface area contributed by atoms with Gasteiger partial charge >= 0.3 is 0 Å². The fourth-order valence-electron chi connectivity index (χ4n) is 3.43. The maximum atomic E-state index is 5.78. The highest BCUT2D eigenvalue weighted by atomic mass is 16.6. The number of aryl methyl sites for hydroxylation is 1. The van der Waals surface area contributed by atoms with Crippen molar-refractivity contribution < 1.29 is 9.47 Å². The summed E-state index contributed by atoms with van der Waals surface area (Å²) in [5, 5.41) is 3.73. The van der Waals surface area contributed by atoms with Crippen LogP contribution < -0.4 is 14.8 Å². The van der Waals surface area contributed by atoms with Crippen molar-refractivity contribution in [3.8, 4) is 11.5 Å². The van der Waals surface area contributed by atoms with E-state index in [0.717, 1.165) is 30.9 Å². The van der Waals surface area contributed by atoms with Gasteiger partial charge in [0.05, 0.1) is 0 Å². The van der Waals surface area contributed by atoms with Crippen LogP contribution in [0, 0.1) is 5.41 Å². The summed E-state index contributed by atoms with van der Waals surface area (Å²) < 4.78 is 11.5. The summed E-state index contributed by atoms with van der Waals surface area (Å²) >= 11 is 0. The van der Waals surface area contributed by atoms with Gasteiger partial charge in [-0.2, -0.15) is 0 Å². The predicted molar refractivity (Wildman–Crippen MR) is 85.2 cm³/mol. The second kappa shape index (κ2) is 5.88. The van der Waals surface area contributed by atoms with Gasteiger partial charge in [0.1, 0.15) is 13.2 Å². The summed E-state index contributed by atoms with van der Waals surface area (Å²) in [6.45, 7) is 9.37. The molecular formula is C18H27NO2. The van der Waals surface area contributed by atoms with Crippen molar-refractivity contribution in [3.63, 3.8) is 0 Å². The summed E-state index contributed by atoms with van der Waals surface area (Å²) in [6.07, 6.45) is 4.70. The van der Waals surface area contributed by atoms with Crippen molar-refractivity contribution in [2.75, 3.05) is 19.8 Å². The number of hydrogen-bond donors (Lipinski definition) is 1. The van der Waals surface area contributed by atoms with Crippen LogP contribution in [-0.4, -0.2) is 19.8 Å². The molecule has 21 heavy (non-hydrogen) atoms. The molecule has 3 rings (SSSR count). The molecule has 3 heteroatoms. The van der Waals surface area contributed by atoms with E-state index in [2.05, 4.69) is 38.2 Å². The van der Waals surface area contributed by atoms with E-state index in [0.29, 0.717) is 24.7 Å². The van der Waals surface area contributed by atoms with E-state index in [1.165, 1.54) is 24.0 Å². The van der Waals surface area contributed by atoms with Crippen molar-refractivity contribution in [2.45, 2.75) is 52.5 Å². The Bertz CT molecular complexity index is 510. The summed E-state index contributed by atoms with van der Waals surface area (Å²) in [7, 11) is 0. The van der Waals surface area contributed by atoms with Crippen LogP contribution in [0.3, 0.4) is 0 Å². The predicted octanol–water partition coefficient (Wildman–Crippen LogP) is 3.86. The highest BCUT2D eigenvalue weighted by Crippen LogP contribution is 2.43. The third kappa shape index (κ3) is 3.18. The fraction of sp³-hybridized carbons (Fsp3) is 0.667. The molecule has 116 valence electrons. The molecule has 0 amide bonds. The van der Waals surface area contributed by atoms with E-state index in [1.54, 1.807) is 0 Å². The Labute approximate surface area is 128 Å². The first-order valence-electron chi connectivity index (χ1n) is 8.25. The minimum absolute atomic E-state index is 0.368. The van der Waals surface area contributed by atoms with Crippen molar-refractivity contribution in [3.05, 3.63) is 23.3 Å². The minimum Gasteiger partial charge on any atom is -0.486 e. The Morgan fingerprint density at radius 2 is 1.90 bits per heavy atom. The second-order valence-corrected chi connectivity index (χ2v) is 7.07. The SMILES string of the molecule is CCCNC1CC(C)(C)CCc2cc3c(cc21)OCCO3.